The van der Waals surface area contributed by atoms with Crippen molar-refractivity contribution in [3.8, 4) is 6.07 Å². The summed E-state index contributed by atoms with van der Waals surface area (Å²) < 4.78 is 5.77. The molecular formula is C17H21N3O2. The highest BCUT2D eigenvalue weighted by molar-refractivity contribution is 5.94. The van der Waals surface area contributed by atoms with Crippen molar-refractivity contribution in [3.05, 3.63) is 35.4 Å². The van der Waals surface area contributed by atoms with E-state index in [1.807, 2.05) is 4.90 Å². The van der Waals surface area contributed by atoms with E-state index in [1.54, 1.807) is 24.3 Å². The number of likely N-dealkylation sites (tertiary alicyclic amines) is 1. The molecule has 1 atom stereocenters. The second-order valence-corrected chi connectivity index (χ2v) is 6.46. The van der Waals surface area contributed by atoms with Gasteiger partial charge in [-0.25, -0.2) is 0 Å². The van der Waals surface area contributed by atoms with E-state index < -0.39 is 0 Å². The molecule has 2 aliphatic rings. The maximum absolute atomic E-state index is 12.8. The van der Waals surface area contributed by atoms with Gasteiger partial charge in [0.05, 0.1) is 24.8 Å². The number of hydrogen-bond acceptors (Lipinski definition) is 4. The maximum atomic E-state index is 12.8. The predicted molar refractivity (Wildman–Crippen MR) is 82.4 cm³/mol. The van der Waals surface area contributed by atoms with Gasteiger partial charge in [-0.2, -0.15) is 5.26 Å². The highest BCUT2D eigenvalue weighted by atomic mass is 16.5. The molecular weight excluding hydrogens is 278 g/mol. The molecule has 2 saturated heterocycles. The van der Waals surface area contributed by atoms with Crippen molar-refractivity contribution in [1.29, 1.82) is 5.26 Å². The minimum Gasteiger partial charge on any atom is -0.379 e. The van der Waals surface area contributed by atoms with Crippen LogP contribution < -0.4 is 0 Å². The highest BCUT2D eigenvalue weighted by Crippen LogP contribution is 2.33. The van der Waals surface area contributed by atoms with Crippen molar-refractivity contribution < 1.29 is 9.53 Å². The van der Waals surface area contributed by atoms with Crippen LogP contribution in [-0.4, -0.2) is 62.1 Å². The minimum atomic E-state index is -0.00321. The summed E-state index contributed by atoms with van der Waals surface area (Å²) in [6, 6.07) is 9.02. The van der Waals surface area contributed by atoms with E-state index in [0.29, 0.717) is 24.3 Å². The molecule has 3 rings (SSSR count). The average molecular weight is 299 g/mol. The first-order chi connectivity index (χ1) is 10.6. The van der Waals surface area contributed by atoms with E-state index in [-0.39, 0.29) is 11.3 Å². The van der Waals surface area contributed by atoms with Gasteiger partial charge < -0.3 is 14.5 Å². The number of ether oxygens (including phenoxy) is 1. The van der Waals surface area contributed by atoms with E-state index in [0.717, 1.165) is 32.7 Å². The molecule has 0 radical (unpaired) electrons. The molecule has 116 valence electrons. The van der Waals surface area contributed by atoms with Crippen molar-refractivity contribution in [2.45, 2.75) is 6.42 Å². The van der Waals surface area contributed by atoms with E-state index in [1.165, 1.54) is 0 Å². The Kier molecular flexibility index (Phi) is 4.14. The summed E-state index contributed by atoms with van der Waals surface area (Å²) in [6.45, 7) is 4.66. The van der Waals surface area contributed by atoms with Gasteiger partial charge in [-0.15, -0.1) is 0 Å². The Morgan fingerprint density at radius 1 is 1.36 bits per heavy atom. The summed E-state index contributed by atoms with van der Waals surface area (Å²) in [7, 11) is 2.11. The van der Waals surface area contributed by atoms with E-state index in [9.17, 15) is 4.79 Å². The van der Waals surface area contributed by atoms with Gasteiger partial charge in [-0.3, -0.25) is 4.79 Å². The Bertz CT molecular complexity index is 610. The third-order valence-corrected chi connectivity index (χ3v) is 4.60. The molecule has 1 spiro atoms. The number of carbonyl (C=O) groups excluding carboxylic acids is 1. The SMILES string of the molecule is CN1CC[C@@]2(COCCN(C(=O)c3cccc(C#N)c3)C2)C1. The van der Waals surface area contributed by atoms with Crippen LogP contribution in [0.2, 0.25) is 0 Å². The number of hydrogen-bond donors (Lipinski definition) is 0. The first-order valence-corrected chi connectivity index (χ1v) is 7.68. The van der Waals surface area contributed by atoms with Gasteiger partial charge in [0.15, 0.2) is 0 Å². The lowest BCUT2D eigenvalue weighted by Crippen LogP contribution is -2.43. The van der Waals surface area contributed by atoms with Gasteiger partial charge in [0.1, 0.15) is 0 Å². The normalized spacial score (nSPS) is 25.9. The zero-order valence-electron chi connectivity index (χ0n) is 12.9. The quantitative estimate of drug-likeness (QED) is 0.785. The molecule has 0 N–H and O–H groups in total. The number of carbonyl (C=O) groups is 1. The Labute approximate surface area is 131 Å². The highest BCUT2D eigenvalue weighted by Gasteiger charge is 2.41. The van der Waals surface area contributed by atoms with Crippen LogP contribution in [0.1, 0.15) is 22.3 Å². The molecule has 2 heterocycles. The Morgan fingerprint density at radius 2 is 2.23 bits per heavy atom. The monoisotopic (exact) mass is 299 g/mol. The second-order valence-electron chi connectivity index (χ2n) is 6.46. The van der Waals surface area contributed by atoms with E-state index in [2.05, 4.69) is 18.0 Å². The average Bonchev–Trinajstić information content (AvgIpc) is 2.77. The molecule has 1 aromatic rings. The van der Waals surface area contributed by atoms with Crippen LogP contribution in [-0.2, 0) is 4.74 Å². The van der Waals surface area contributed by atoms with Gasteiger partial charge in [0.25, 0.3) is 5.91 Å². The fourth-order valence-corrected chi connectivity index (χ4v) is 3.48. The Balaban J connectivity index is 1.80. The molecule has 5 nitrogen and oxygen atoms in total. The van der Waals surface area contributed by atoms with Crippen LogP contribution in [0.3, 0.4) is 0 Å². The largest absolute Gasteiger partial charge is 0.379 e. The molecule has 1 amide bonds. The fourth-order valence-electron chi connectivity index (χ4n) is 3.48. The first-order valence-electron chi connectivity index (χ1n) is 7.68. The third kappa shape index (κ3) is 2.99. The van der Waals surface area contributed by atoms with Crippen LogP contribution in [0.25, 0.3) is 0 Å². The van der Waals surface area contributed by atoms with Crippen molar-refractivity contribution in [2.75, 3.05) is 46.4 Å². The van der Waals surface area contributed by atoms with E-state index in [4.69, 9.17) is 10.00 Å². The minimum absolute atomic E-state index is 0.00321. The van der Waals surface area contributed by atoms with Gasteiger partial charge in [0.2, 0.25) is 0 Å². The zero-order valence-corrected chi connectivity index (χ0v) is 12.9. The van der Waals surface area contributed by atoms with Crippen LogP contribution in [0, 0.1) is 16.7 Å². The van der Waals surface area contributed by atoms with Gasteiger partial charge in [0, 0.05) is 30.6 Å². The van der Waals surface area contributed by atoms with Gasteiger partial charge >= 0.3 is 0 Å². The standard InChI is InChI=1S/C17H21N3O2/c1-19-6-5-17(11-19)12-20(7-8-22-13-17)16(21)15-4-2-3-14(9-15)10-18/h2-4,9H,5-8,11-13H2,1H3/t17-/m1/s1. The van der Waals surface area contributed by atoms with Gasteiger partial charge in [-0.05, 0) is 38.2 Å². The molecule has 5 heteroatoms. The lowest BCUT2D eigenvalue weighted by atomic mass is 9.87. The molecule has 1 aromatic carbocycles. The summed E-state index contributed by atoms with van der Waals surface area (Å²) in [5, 5.41) is 9.00. The van der Waals surface area contributed by atoms with Crippen molar-refractivity contribution in [2.24, 2.45) is 5.41 Å². The third-order valence-electron chi connectivity index (χ3n) is 4.60. The number of nitrogens with zero attached hydrogens (tertiary/aromatic N) is 3. The number of benzene rings is 1. The summed E-state index contributed by atoms with van der Waals surface area (Å²) in [5.74, 6) is -0.00321. The molecule has 0 aromatic heterocycles. The second kappa shape index (κ2) is 6.07. The van der Waals surface area contributed by atoms with Crippen LogP contribution >= 0.6 is 0 Å². The summed E-state index contributed by atoms with van der Waals surface area (Å²) in [6.07, 6.45) is 1.06. The number of nitriles is 1. The van der Waals surface area contributed by atoms with Crippen molar-refractivity contribution in [1.82, 2.24) is 9.80 Å². The van der Waals surface area contributed by atoms with Crippen molar-refractivity contribution in [3.63, 3.8) is 0 Å². The lowest BCUT2D eigenvalue weighted by Gasteiger charge is -2.31. The molecule has 0 bridgehead atoms. The number of amides is 1. The van der Waals surface area contributed by atoms with E-state index >= 15 is 0 Å². The Morgan fingerprint density at radius 3 is 2.95 bits per heavy atom. The summed E-state index contributed by atoms with van der Waals surface area (Å²) in [4.78, 5) is 17.0. The first kappa shape index (κ1) is 15.0. The topological polar surface area (TPSA) is 56.6 Å². The van der Waals surface area contributed by atoms with Crippen molar-refractivity contribution >= 4 is 5.91 Å². The fraction of sp³-hybridized carbons (Fsp3) is 0.529. The van der Waals surface area contributed by atoms with Crippen LogP contribution in [0.5, 0.6) is 0 Å². The smallest absolute Gasteiger partial charge is 0.253 e. The molecule has 2 fully saturated rings. The molecule has 22 heavy (non-hydrogen) atoms. The van der Waals surface area contributed by atoms with Crippen LogP contribution in [0.15, 0.2) is 24.3 Å². The summed E-state index contributed by atoms with van der Waals surface area (Å²) in [5.41, 5.74) is 1.16. The molecule has 0 saturated carbocycles. The Hall–Kier alpha value is -1.90. The molecule has 0 unspecified atom stereocenters. The molecule has 0 aliphatic carbocycles. The van der Waals surface area contributed by atoms with Crippen LogP contribution in [0.4, 0.5) is 0 Å². The lowest BCUT2D eigenvalue weighted by molar-refractivity contribution is 0.0658. The molecule has 2 aliphatic heterocycles. The zero-order chi connectivity index (χ0) is 15.6. The summed E-state index contributed by atoms with van der Waals surface area (Å²) >= 11 is 0. The predicted octanol–water partition coefficient (Wildman–Crippen LogP) is 1.35. The number of rotatable bonds is 1. The maximum Gasteiger partial charge on any atom is 0.253 e. The van der Waals surface area contributed by atoms with Gasteiger partial charge in [-0.1, -0.05) is 6.07 Å².